The summed E-state index contributed by atoms with van der Waals surface area (Å²) in [4.78, 5) is 12.3. The largest absolute Gasteiger partial charge is 0.396 e. The molecule has 0 heterocycles. The molecule has 1 aromatic rings. The van der Waals surface area contributed by atoms with Gasteiger partial charge in [-0.25, -0.2) is 0 Å². The summed E-state index contributed by atoms with van der Waals surface area (Å²) in [7, 11) is 0. The van der Waals surface area contributed by atoms with Crippen molar-refractivity contribution in [1.82, 2.24) is 5.32 Å². The molecule has 3 nitrogen and oxygen atoms in total. The molecule has 0 saturated carbocycles. The number of aliphatic hydroxyl groups excluding tert-OH is 1. The van der Waals surface area contributed by atoms with Gasteiger partial charge in [0.25, 0.3) is 5.91 Å². The minimum atomic E-state index is -0.0181. The van der Waals surface area contributed by atoms with Gasteiger partial charge in [0, 0.05) is 18.7 Å². The molecule has 0 saturated heterocycles. The standard InChI is InChI=1S/C17H27NO2/c1-5-17(6-2,10-11-19)12-18-16(20)15-9-7-8-13(3)14(15)4/h7-9,19H,5-6,10-12H2,1-4H3,(H,18,20). The molecule has 112 valence electrons. The van der Waals surface area contributed by atoms with E-state index in [1.807, 2.05) is 32.0 Å². The third kappa shape index (κ3) is 3.83. The Morgan fingerprint density at radius 1 is 1.25 bits per heavy atom. The van der Waals surface area contributed by atoms with Crippen LogP contribution in [0.2, 0.25) is 0 Å². The van der Waals surface area contributed by atoms with Crippen LogP contribution in [0, 0.1) is 19.3 Å². The van der Waals surface area contributed by atoms with E-state index in [4.69, 9.17) is 0 Å². The Morgan fingerprint density at radius 3 is 2.45 bits per heavy atom. The Balaban J connectivity index is 2.78. The Bertz CT molecular complexity index is 450. The fraction of sp³-hybridized carbons (Fsp3) is 0.588. The second-order valence-electron chi connectivity index (χ2n) is 5.61. The third-order valence-electron chi connectivity index (χ3n) is 4.62. The lowest BCUT2D eigenvalue weighted by Gasteiger charge is -2.31. The molecule has 1 amide bonds. The smallest absolute Gasteiger partial charge is 0.251 e. The van der Waals surface area contributed by atoms with Crippen molar-refractivity contribution >= 4 is 5.91 Å². The van der Waals surface area contributed by atoms with Crippen LogP contribution in [0.4, 0.5) is 0 Å². The number of hydrogen-bond donors (Lipinski definition) is 2. The van der Waals surface area contributed by atoms with Crippen LogP contribution in [0.1, 0.15) is 54.6 Å². The Kier molecular flexibility index (Phi) is 6.21. The van der Waals surface area contributed by atoms with Gasteiger partial charge in [-0.1, -0.05) is 26.0 Å². The van der Waals surface area contributed by atoms with E-state index in [9.17, 15) is 9.90 Å². The van der Waals surface area contributed by atoms with Crippen LogP contribution in [0.15, 0.2) is 18.2 Å². The lowest BCUT2D eigenvalue weighted by atomic mass is 9.79. The number of aliphatic hydroxyl groups is 1. The molecule has 0 fully saturated rings. The first-order valence-corrected chi connectivity index (χ1v) is 7.45. The molecule has 0 spiro atoms. The zero-order valence-corrected chi connectivity index (χ0v) is 13.1. The highest BCUT2D eigenvalue weighted by molar-refractivity contribution is 5.95. The molecule has 1 aromatic carbocycles. The van der Waals surface area contributed by atoms with Crippen LogP contribution >= 0.6 is 0 Å². The van der Waals surface area contributed by atoms with Crippen molar-refractivity contribution in [3.8, 4) is 0 Å². The van der Waals surface area contributed by atoms with Crippen LogP contribution in [-0.4, -0.2) is 24.2 Å². The van der Waals surface area contributed by atoms with Gasteiger partial charge >= 0.3 is 0 Å². The van der Waals surface area contributed by atoms with E-state index in [-0.39, 0.29) is 17.9 Å². The van der Waals surface area contributed by atoms with Crippen molar-refractivity contribution < 1.29 is 9.90 Å². The van der Waals surface area contributed by atoms with Crippen molar-refractivity contribution in [2.45, 2.75) is 47.0 Å². The zero-order chi connectivity index (χ0) is 15.2. The summed E-state index contributed by atoms with van der Waals surface area (Å²) in [5.41, 5.74) is 2.91. The fourth-order valence-electron chi connectivity index (χ4n) is 2.54. The van der Waals surface area contributed by atoms with Crippen molar-refractivity contribution in [2.75, 3.05) is 13.2 Å². The number of amides is 1. The molecule has 1 rings (SSSR count). The second-order valence-corrected chi connectivity index (χ2v) is 5.61. The highest BCUT2D eigenvalue weighted by Crippen LogP contribution is 2.29. The van der Waals surface area contributed by atoms with E-state index < -0.39 is 0 Å². The maximum atomic E-state index is 12.3. The van der Waals surface area contributed by atoms with Gasteiger partial charge in [-0.2, -0.15) is 0 Å². The number of benzene rings is 1. The number of carbonyl (C=O) groups excluding carboxylic acids is 1. The van der Waals surface area contributed by atoms with Gasteiger partial charge in [-0.15, -0.1) is 0 Å². The number of nitrogens with one attached hydrogen (secondary N) is 1. The van der Waals surface area contributed by atoms with Crippen LogP contribution in [0.5, 0.6) is 0 Å². The quantitative estimate of drug-likeness (QED) is 0.804. The zero-order valence-electron chi connectivity index (χ0n) is 13.1. The van der Waals surface area contributed by atoms with Crippen LogP contribution < -0.4 is 5.32 Å². The SMILES string of the molecule is CCC(CC)(CCO)CNC(=O)c1cccc(C)c1C. The monoisotopic (exact) mass is 277 g/mol. The molecule has 3 heteroatoms. The van der Waals surface area contributed by atoms with Crippen molar-refractivity contribution in [3.05, 3.63) is 34.9 Å². The lowest BCUT2D eigenvalue weighted by molar-refractivity contribution is 0.0906. The average molecular weight is 277 g/mol. The minimum absolute atomic E-state index is 0.00212. The molecule has 0 aliphatic carbocycles. The molecule has 0 unspecified atom stereocenters. The molecular formula is C17H27NO2. The summed E-state index contributed by atoms with van der Waals surface area (Å²) in [5.74, 6) is -0.0181. The lowest BCUT2D eigenvalue weighted by Crippen LogP contribution is -2.38. The summed E-state index contributed by atoms with van der Waals surface area (Å²) in [6.45, 7) is 9.01. The number of rotatable bonds is 7. The predicted octanol–water partition coefficient (Wildman–Crippen LogP) is 3.22. The molecule has 0 aliphatic heterocycles. The number of carbonyl (C=O) groups is 1. The van der Waals surface area contributed by atoms with Crippen LogP contribution in [-0.2, 0) is 0 Å². The van der Waals surface area contributed by atoms with Gasteiger partial charge in [-0.3, -0.25) is 4.79 Å². The maximum absolute atomic E-state index is 12.3. The summed E-state index contributed by atoms with van der Waals surface area (Å²) in [5, 5.41) is 12.3. The van der Waals surface area contributed by atoms with E-state index >= 15 is 0 Å². The molecule has 20 heavy (non-hydrogen) atoms. The summed E-state index contributed by atoms with van der Waals surface area (Å²) in [6, 6.07) is 5.79. The summed E-state index contributed by atoms with van der Waals surface area (Å²) < 4.78 is 0. The van der Waals surface area contributed by atoms with Gasteiger partial charge < -0.3 is 10.4 Å². The van der Waals surface area contributed by atoms with E-state index in [1.54, 1.807) is 0 Å². The summed E-state index contributed by atoms with van der Waals surface area (Å²) in [6.07, 6.45) is 2.64. The average Bonchev–Trinajstić information content (AvgIpc) is 2.46. The molecule has 2 N–H and O–H groups in total. The number of hydrogen-bond acceptors (Lipinski definition) is 2. The highest BCUT2D eigenvalue weighted by Gasteiger charge is 2.26. The molecule has 0 aromatic heterocycles. The van der Waals surface area contributed by atoms with E-state index in [0.29, 0.717) is 6.54 Å². The first-order valence-electron chi connectivity index (χ1n) is 7.45. The Hall–Kier alpha value is -1.35. The van der Waals surface area contributed by atoms with Gasteiger partial charge in [0.1, 0.15) is 0 Å². The Labute approximate surface area is 122 Å². The molecule has 0 aliphatic rings. The molecule has 0 radical (unpaired) electrons. The van der Waals surface area contributed by atoms with Crippen molar-refractivity contribution in [3.63, 3.8) is 0 Å². The topological polar surface area (TPSA) is 49.3 Å². The van der Waals surface area contributed by atoms with Crippen LogP contribution in [0.25, 0.3) is 0 Å². The Morgan fingerprint density at radius 2 is 1.90 bits per heavy atom. The van der Waals surface area contributed by atoms with E-state index in [1.165, 1.54) is 0 Å². The van der Waals surface area contributed by atoms with Gasteiger partial charge in [0.15, 0.2) is 0 Å². The number of aryl methyl sites for hydroxylation is 1. The van der Waals surface area contributed by atoms with Gasteiger partial charge in [-0.05, 0) is 55.7 Å². The molecular weight excluding hydrogens is 250 g/mol. The van der Waals surface area contributed by atoms with Crippen molar-refractivity contribution in [1.29, 1.82) is 0 Å². The molecule has 0 bridgehead atoms. The van der Waals surface area contributed by atoms with Crippen molar-refractivity contribution in [2.24, 2.45) is 5.41 Å². The fourth-order valence-corrected chi connectivity index (χ4v) is 2.54. The van der Waals surface area contributed by atoms with E-state index in [2.05, 4.69) is 19.2 Å². The maximum Gasteiger partial charge on any atom is 0.251 e. The van der Waals surface area contributed by atoms with Gasteiger partial charge in [0.2, 0.25) is 0 Å². The molecule has 0 atom stereocenters. The van der Waals surface area contributed by atoms with Crippen LogP contribution in [0.3, 0.4) is 0 Å². The highest BCUT2D eigenvalue weighted by atomic mass is 16.3. The summed E-state index contributed by atoms with van der Waals surface area (Å²) >= 11 is 0. The first-order chi connectivity index (χ1) is 9.49. The van der Waals surface area contributed by atoms with E-state index in [0.717, 1.165) is 36.0 Å². The minimum Gasteiger partial charge on any atom is -0.396 e. The first kappa shape index (κ1) is 16.7. The normalized spacial score (nSPS) is 11.4. The third-order valence-corrected chi connectivity index (χ3v) is 4.62. The second kappa shape index (κ2) is 7.44. The predicted molar refractivity (Wildman–Crippen MR) is 83.0 cm³/mol. The van der Waals surface area contributed by atoms with Gasteiger partial charge in [0.05, 0.1) is 0 Å².